The SMILES string of the molecule is CC(=O)Nc1ccc2[nH]cc(C(C(=O)O)N3CCN(Cc4nonc4C)CC3)c2c1. The van der Waals surface area contributed by atoms with Crippen molar-refractivity contribution in [1.82, 2.24) is 25.1 Å². The van der Waals surface area contributed by atoms with Crippen LogP contribution in [0.4, 0.5) is 5.69 Å². The molecular formula is C20H24N6O4. The molecule has 1 fully saturated rings. The van der Waals surface area contributed by atoms with E-state index in [0.29, 0.717) is 30.9 Å². The van der Waals surface area contributed by atoms with Gasteiger partial charge in [0.05, 0.1) is 0 Å². The maximum Gasteiger partial charge on any atom is 0.325 e. The molecule has 1 amide bonds. The van der Waals surface area contributed by atoms with E-state index in [1.165, 1.54) is 6.92 Å². The molecule has 1 aromatic carbocycles. The van der Waals surface area contributed by atoms with Crippen molar-refractivity contribution < 1.29 is 19.3 Å². The minimum Gasteiger partial charge on any atom is -0.480 e. The number of aromatic nitrogens is 3. The number of carboxylic acids is 1. The van der Waals surface area contributed by atoms with Crippen molar-refractivity contribution in [3.8, 4) is 0 Å². The molecule has 10 heteroatoms. The van der Waals surface area contributed by atoms with Gasteiger partial charge in [-0.25, -0.2) is 4.63 Å². The number of carbonyl (C=O) groups is 2. The lowest BCUT2D eigenvalue weighted by atomic mass is 10.0. The van der Waals surface area contributed by atoms with Gasteiger partial charge in [-0.05, 0) is 25.1 Å². The van der Waals surface area contributed by atoms with Gasteiger partial charge in [-0.1, -0.05) is 10.3 Å². The summed E-state index contributed by atoms with van der Waals surface area (Å²) < 4.78 is 4.76. The third-order valence-corrected chi connectivity index (χ3v) is 5.45. The molecule has 3 aromatic rings. The number of nitrogens with zero attached hydrogens (tertiary/aromatic N) is 4. The zero-order valence-corrected chi connectivity index (χ0v) is 16.9. The van der Waals surface area contributed by atoms with E-state index < -0.39 is 12.0 Å². The zero-order chi connectivity index (χ0) is 21.3. The minimum absolute atomic E-state index is 0.171. The van der Waals surface area contributed by atoms with Crippen molar-refractivity contribution in [2.75, 3.05) is 31.5 Å². The second kappa shape index (κ2) is 8.25. The van der Waals surface area contributed by atoms with Gasteiger partial charge in [-0.2, -0.15) is 0 Å². The van der Waals surface area contributed by atoms with Gasteiger partial charge < -0.3 is 15.4 Å². The third kappa shape index (κ3) is 4.05. The maximum atomic E-state index is 12.2. The summed E-state index contributed by atoms with van der Waals surface area (Å²) in [6, 6.07) is 4.67. The molecule has 10 nitrogen and oxygen atoms in total. The van der Waals surface area contributed by atoms with Crippen molar-refractivity contribution in [3.05, 3.63) is 41.3 Å². The summed E-state index contributed by atoms with van der Waals surface area (Å²) in [7, 11) is 0. The van der Waals surface area contributed by atoms with Crippen LogP contribution >= 0.6 is 0 Å². The van der Waals surface area contributed by atoms with E-state index in [1.807, 2.05) is 24.0 Å². The first-order valence-electron chi connectivity index (χ1n) is 9.78. The third-order valence-electron chi connectivity index (χ3n) is 5.45. The molecule has 158 valence electrons. The molecule has 0 radical (unpaired) electrons. The van der Waals surface area contributed by atoms with Crippen LogP contribution in [0.2, 0.25) is 0 Å². The highest BCUT2D eigenvalue weighted by Crippen LogP contribution is 2.31. The number of piperazine rings is 1. The molecule has 0 saturated carbocycles. The number of carbonyl (C=O) groups excluding carboxylic acids is 1. The fraction of sp³-hybridized carbons (Fsp3) is 0.400. The lowest BCUT2D eigenvalue weighted by Gasteiger charge is -2.37. The summed E-state index contributed by atoms with van der Waals surface area (Å²) in [5.74, 6) is -1.07. The molecule has 1 unspecified atom stereocenters. The number of benzene rings is 1. The van der Waals surface area contributed by atoms with Crippen LogP contribution in [0.15, 0.2) is 29.0 Å². The molecule has 1 aliphatic rings. The predicted octanol–water partition coefficient (Wildman–Crippen LogP) is 1.76. The number of fused-ring (bicyclic) bond motifs is 1. The molecule has 3 N–H and O–H groups in total. The van der Waals surface area contributed by atoms with Gasteiger partial charge in [0, 0.05) is 68.0 Å². The Balaban J connectivity index is 1.53. The summed E-state index contributed by atoms with van der Waals surface area (Å²) in [6.45, 7) is 6.59. The highest BCUT2D eigenvalue weighted by Gasteiger charge is 2.32. The molecule has 1 saturated heterocycles. The monoisotopic (exact) mass is 412 g/mol. The van der Waals surface area contributed by atoms with Crippen molar-refractivity contribution in [2.24, 2.45) is 0 Å². The van der Waals surface area contributed by atoms with E-state index in [9.17, 15) is 14.7 Å². The number of anilines is 1. The molecule has 0 bridgehead atoms. The Kier molecular flexibility index (Phi) is 5.51. The average Bonchev–Trinajstić information content (AvgIpc) is 3.29. The Morgan fingerprint density at radius 3 is 2.67 bits per heavy atom. The highest BCUT2D eigenvalue weighted by atomic mass is 16.6. The molecule has 0 aliphatic carbocycles. The molecule has 2 aromatic heterocycles. The number of rotatable bonds is 6. The number of carboxylic acid groups (broad SMARTS) is 1. The Morgan fingerprint density at radius 2 is 2.03 bits per heavy atom. The van der Waals surface area contributed by atoms with Gasteiger partial charge in [0.15, 0.2) is 0 Å². The summed E-state index contributed by atoms with van der Waals surface area (Å²) in [4.78, 5) is 30.9. The number of H-pyrrole nitrogens is 1. The molecule has 0 spiro atoms. The quantitative estimate of drug-likeness (QED) is 0.559. The molecule has 1 atom stereocenters. The fourth-order valence-electron chi connectivity index (χ4n) is 3.92. The van der Waals surface area contributed by atoms with Crippen LogP contribution < -0.4 is 5.32 Å². The number of nitrogens with one attached hydrogen (secondary N) is 2. The first kappa shape index (κ1) is 20.0. The number of aliphatic carboxylic acids is 1. The number of amides is 1. The Morgan fingerprint density at radius 1 is 1.27 bits per heavy atom. The van der Waals surface area contributed by atoms with Crippen LogP contribution in [0.1, 0.15) is 29.9 Å². The molecule has 1 aliphatic heterocycles. The van der Waals surface area contributed by atoms with Gasteiger partial charge in [-0.15, -0.1) is 0 Å². The molecule has 3 heterocycles. The van der Waals surface area contributed by atoms with E-state index in [-0.39, 0.29) is 5.91 Å². The first-order valence-corrected chi connectivity index (χ1v) is 9.78. The van der Waals surface area contributed by atoms with Gasteiger partial charge >= 0.3 is 5.97 Å². The van der Waals surface area contributed by atoms with Crippen LogP contribution in [0.25, 0.3) is 10.9 Å². The predicted molar refractivity (Wildman–Crippen MR) is 109 cm³/mol. The fourth-order valence-corrected chi connectivity index (χ4v) is 3.92. The van der Waals surface area contributed by atoms with Crippen LogP contribution in [0.3, 0.4) is 0 Å². The molecular weight excluding hydrogens is 388 g/mol. The average molecular weight is 412 g/mol. The smallest absolute Gasteiger partial charge is 0.325 e. The Hall–Kier alpha value is -3.24. The minimum atomic E-state index is -0.897. The normalized spacial score (nSPS) is 16.6. The maximum absolute atomic E-state index is 12.2. The zero-order valence-electron chi connectivity index (χ0n) is 16.9. The van der Waals surface area contributed by atoms with Crippen LogP contribution in [0, 0.1) is 6.92 Å². The van der Waals surface area contributed by atoms with Gasteiger partial charge in [0.2, 0.25) is 5.91 Å². The van der Waals surface area contributed by atoms with Crippen molar-refractivity contribution in [3.63, 3.8) is 0 Å². The lowest BCUT2D eigenvalue weighted by molar-refractivity contribution is -0.144. The van der Waals surface area contributed by atoms with Gasteiger partial charge in [0.1, 0.15) is 17.4 Å². The van der Waals surface area contributed by atoms with E-state index in [2.05, 4.69) is 25.5 Å². The van der Waals surface area contributed by atoms with Crippen LogP contribution in [0.5, 0.6) is 0 Å². The van der Waals surface area contributed by atoms with Crippen molar-refractivity contribution >= 4 is 28.5 Å². The first-order chi connectivity index (χ1) is 14.4. The second-order valence-electron chi connectivity index (χ2n) is 7.53. The topological polar surface area (TPSA) is 128 Å². The number of aryl methyl sites for hydroxylation is 1. The van der Waals surface area contributed by atoms with E-state index in [4.69, 9.17) is 4.63 Å². The second-order valence-corrected chi connectivity index (χ2v) is 7.53. The highest BCUT2D eigenvalue weighted by molar-refractivity contribution is 5.95. The van der Waals surface area contributed by atoms with Crippen LogP contribution in [-0.2, 0) is 16.1 Å². The van der Waals surface area contributed by atoms with E-state index in [0.717, 1.165) is 35.4 Å². The number of hydrogen-bond acceptors (Lipinski definition) is 7. The van der Waals surface area contributed by atoms with Gasteiger partial charge in [-0.3, -0.25) is 19.4 Å². The number of hydrogen-bond donors (Lipinski definition) is 3. The Bertz CT molecular complexity index is 1070. The standard InChI is InChI=1S/C20H24N6O4/c1-12-18(24-30-23-12)11-25-5-7-26(8-6-25)19(20(28)29)16-10-21-17-4-3-14(9-15(16)17)22-13(2)27/h3-4,9-10,19,21H,5-8,11H2,1-2H3,(H,22,27)(H,28,29). The summed E-state index contributed by atoms with van der Waals surface area (Å²) >= 11 is 0. The molecule has 4 rings (SSSR count). The van der Waals surface area contributed by atoms with Crippen molar-refractivity contribution in [1.29, 1.82) is 0 Å². The summed E-state index contributed by atoms with van der Waals surface area (Å²) in [6.07, 6.45) is 1.75. The summed E-state index contributed by atoms with van der Waals surface area (Å²) in [5, 5.41) is 21.3. The van der Waals surface area contributed by atoms with Crippen LogP contribution in [-0.4, -0.2) is 68.3 Å². The number of aromatic amines is 1. The lowest BCUT2D eigenvalue weighted by Crippen LogP contribution is -2.48. The summed E-state index contributed by atoms with van der Waals surface area (Å²) in [5.41, 5.74) is 3.74. The van der Waals surface area contributed by atoms with Gasteiger partial charge in [0.25, 0.3) is 0 Å². The Labute approximate surface area is 172 Å². The van der Waals surface area contributed by atoms with E-state index >= 15 is 0 Å². The molecule has 30 heavy (non-hydrogen) atoms. The van der Waals surface area contributed by atoms with Crippen molar-refractivity contribution in [2.45, 2.75) is 26.4 Å². The van der Waals surface area contributed by atoms with E-state index in [1.54, 1.807) is 12.3 Å². The largest absolute Gasteiger partial charge is 0.480 e.